The zero-order valence-electron chi connectivity index (χ0n) is 12.0. The highest BCUT2D eigenvalue weighted by molar-refractivity contribution is 7.89. The van der Waals surface area contributed by atoms with Crippen LogP contribution in [0, 0.1) is 0 Å². The highest BCUT2D eigenvalue weighted by atomic mass is 32.2. The van der Waals surface area contributed by atoms with E-state index in [4.69, 9.17) is 4.42 Å². The quantitative estimate of drug-likeness (QED) is 0.918. The van der Waals surface area contributed by atoms with Gasteiger partial charge in [-0.2, -0.15) is 0 Å². The third kappa shape index (κ3) is 3.13. The van der Waals surface area contributed by atoms with Gasteiger partial charge in [0.1, 0.15) is 0 Å². The van der Waals surface area contributed by atoms with Crippen LogP contribution in [0.15, 0.2) is 21.6 Å². The van der Waals surface area contributed by atoms with Gasteiger partial charge in [0.2, 0.25) is 5.09 Å². The number of likely N-dealkylation sites (tertiary alicyclic amines) is 1. The van der Waals surface area contributed by atoms with Crippen LogP contribution in [0.5, 0.6) is 0 Å². The van der Waals surface area contributed by atoms with Crippen molar-refractivity contribution in [1.29, 1.82) is 0 Å². The van der Waals surface area contributed by atoms with Crippen molar-refractivity contribution in [2.75, 3.05) is 6.54 Å². The molecule has 0 unspecified atom stereocenters. The Morgan fingerprint density at radius 3 is 2.71 bits per heavy atom. The number of sulfonamides is 1. The Morgan fingerprint density at radius 1 is 1.29 bits per heavy atom. The molecule has 2 heterocycles. The van der Waals surface area contributed by atoms with Crippen LogP contribution in [0.2, 0.25) is 0 Å². The summed E-state index contributed by atoms with van der Waals surface area (Å²) in [4.78, 5) is 14.2. The monoisotopic (exact) mass is 312 g/mol. The predicted octanol–water partition coefficient (Wildman–Crippen LogP) is 1.73. The first-order chi connectivity index (χ1) is 9.97. The van der Waals surface area contributed by atoms with E-state index >= 15 is 0 Å². The second-order valence-electron chi connectivity index (χ2n) is 5.86. The first kappa shape index (κ1) is 14.6. The highest BCUT2D eigenvalue weighted by Gasteiger charge is 2.31. The minimum absolute atomic E-state index is 0.0152. The second kappa shape index (κ2) is 5.46. The van der Waals surface area contributed by atoms with E-state index in [1.165, 1.54) is 12.1 Å². The van der Waals surface area contributed by atoms with Crippen LogP contribution in [0.1, 0.15) is 49.6 Å². The molecule has 2 aliphatic rings. The van der Waals surface area contributed by atoms with E-state index in [9.17, 15) is 13.2 Å². The number of furan rings is 1. The second-order valence-corrected chi connectivity index (χ2v) is 7.50. The number of hydrogen-bond acceptors (Lipinski definition) is 4. The van der Waals surface area contributed by atoms with Gasteiger partial charge in [-0.15, -0.1) is 0 Å². The van der Waals surface area contributed by atoms with Crippen LogP contribution in [0.4, 0.5) is 0 Å². The standard InChI is InChI=1S/C14H20N2O4S/c1-10-4-2-3-9-16(10)14(17)12-7-8-13(20-12)21(18,19)15-11-5-6-11/h7-8,10-11,15H,2-6,9H2,1H3/t10-/m1/s1. The largest absolute Gasteiger partial charge is 0.438 e. The molecule has 2 fully saturated rings. The van der Waals surface area contributed by atoms with Gasteiger partial charge in [0.25, 0.3) is 15.9 Å². The fourth-order valence-corrected chi connectivity index (χ4v) is 3.84. The Bertz CT molecular complexity index is 633. The molecule has 1 aliphatic carbocycles. The normalized spacial score (nSPS) is 23.3. The summed E-state index contributed by atoms with van der Waals surface area (Å²) in [6.45, 7) is 2.70. The maximum absolute atomic E-state index is 12.4. The van der Waals surface area contributed by atoms with Crippen LogP contribution in [-0.2, 0) is 10.0 Å². The summed E-state index contributed by atoms with van der Waals surface area (Å²) in [5.74, 6) is -0.130. The third-order valence-corrected chi connectivity index (χ3v) is 5.41. The first-order valence-corrected chi connectivity index (χ1v) is 8.89. The van der Waals surface area contributed by atoms with Crippen LogP contribution >= 0.6 is 0 Å². The molecule has 3 rings (SSSR count). The SMILES string of the molecule is C[C@@H]1CCCCN1C(=O)c1ccc(S(=O)(=O)NC2CC2)o1. The Kier molecular flexibility index (Phi) is 3.79. The fourth-order valence-electron chi connectivity index (χ4n) is 2.60. The molecule has 0 bridgehead atoms. The summed E-state index contributed by atoms with van der Waals surface area (Å²) in [5.41, 5.74) is 0. The van der Waals surface area contributed by atoms with E-state index in [1.54, 1.807) is 4.90 Å². The lowest BCUT2D eigenvalue weighted by Gasteiger charge is -2.32. The summed E-state index contributed by atoms with van der Waals surface area (Å²) in [6, 6.07) is 2.99. The number of piperidine rings is 1. The van der Waals surface area contributed by atoms with Crippen LogP contribution in [0.3, 0.4) is 0 Å². The Labute approximate surface area is 124 Å². The van der Waals surface area contributed by atoms with Gasteiger partial charge >= 0.3 is 0 Å². The molecule has 1 N–H and O–H groups in total. The number of rotatable bonds is 4. The summed E-state index contributed by atoms with van der Waals surface area (Å²) < 4.78 is 31.9. The molecular formula is C14H20N2O4S. The molecule has 7 heteroatoms. The Balaban J connectivity index is 1.76. The van der Waals surface area contributed by atoms with Gasteiger partial charge in [0.15, 0.2) is 5.76 Å². The Hall–Kier alpha value is -1.34. The maximum Gasteiger partial charge on any atom is 0.289 e. The average molecular weight is 312 g/mol. The number of hydrogen-bond donors (Lipinski definition) is 1. The van der Waals surface area contributed by atoms with Crippen molar-refractivity contribution in [3.63, 3.8) is 0 Å². The lowest BCUT2D eigenvalue weighted by atomic mass is 10.0. The predicted molar refractivity (Wildman–Crippen MR) is 76.4 cm³/mol. The summed E-state index contributed by atoms with van der Waals surface area (Å²) in [5, 5.41) is -0.178. The molecule has 1 saturated carbocycles. The van der Waals surface area contributed by atoms with Crippen LogP contribution < -0.4 is 4.72 Å². The van der Waals surface area contributed by atoms with Crippen molar-refractivity contribution in [1.82, 2.24) is 9.62 Å². The van der Waals surface area contributed by atoms with Crippen molar-refractivity contribution >= 4 is 15.9 Å². The number of carbonyl (C=O) groups excluding carboxylic acids is 1. The van der Waals surface area contributed by atoms with Crippen LogP contribution in [0.25, 0.3) is 0 Å². The molecule has 1 amide bonds. The first-order valence-electron chi connectivity index (χ1n) is 7.40. The van der Waals surface area contributed by atoms with Gasteiger partial charge in [0.05, 0.1) is 0 Å². The fraction of sp³-hybridized carbons (Fsp3) is 0.643. The lowest BCUT2D eigenvalue weighted by molar-refractivity contribution is 0.0597. The Morgan fingerprint density at radius 2 is 2.05 bits per heavy atom. The van der Waals surface area contributed by atoms with Crippen LogP contribution in [-0.4, -0.2) is 37.9 Å². The number of amides is 1. The zero-order chi connectivity index (χ0) is 15.0. The summed E-state index contributed by atoms with van der Waals surface area (Å²) in [7, 11) is -3.64. The number of nitrogens with one attached hydrogen (secondary N) is 1. The van der Waals surface area contributed by atoms with Crippen molar-refractivity contribution in [3.05, 3.63) is 17.9 Å². The molecule has 0 radical (unpaired) electrons. The molecule has 1 aromatic rings. The van der Waals surface area contributed by atoms with Gasteiger partial charge < -0.3 is 9.32 Å². The zero-order valence-corrected chi connectivity index (χ0v) is 12.9. The van der Waals surface area contributed by atoms with E-state index in [0.717, 1.165) is 32.1 Å². The molecule has 116 valence electrons. The van der Waals surface area contributed by atoms with E-state index in [-0.39, 0.29) is 28.8 Å². The highest BCUT2D eigenvalue weighted by Crippen LogP contribution is 2.24. The molecule has 1 saturated heterocycles. The van der Waals surface area contributed by atoms with Crippen molar-refractivity contribution in [2.45, 2.75) is 56.2 Å². The lowest BCUT2D eigenvalue weighted by Crippen LogP contribution is -2.41. The van der Waals surface area contributed by atoms with Gasteiger partial charge in [-0.05, 0) is 51.2 Å². The van der Waals surface area contributed by atoms with E-state index in [1.807, 2.05) is 6.92 Å². The maximum atomic E-state index is 12.4. The van der Waals surface area contributed by atoms with Gasteiger partial charge in [0, 0.05) is 18.6 Å². The van der Waals surface area contributed by atoms with Gasteiger partial charge in [-0.1, -0.05) is 0 Å². The molecule has 1 aromatic heterocycles. The molecule has 1 aliphatic heterocycles. The molecule has 6 nitrogen and oxygen atoms in total. The minimum Gasteiger partial charge on any atom is -0.438 e. The minimum atomic E-state index is -3.64. The van der Waals surface area contributed by atoms with Crippen molar-refractivity contribution in [3.8, 4) is 0 Å². The molecule has 0 spiro atoms. The van der Waals surface area contributed by atoms with E-state index < -0.39 is 10.0 Å². The van der Waals surface area contributed by atoms with E-state index in [2.05, 4.69) is 4.72 Å². The molecular weight excluding hydrogens is 292 g/mol. The van der Waals surface area contributed by atoms with Gasteiger partial charge in [-0.25, -0.2) is 13.1 Å². The smallest absolute Gasteiger partial charge is 0.289 e. The topological polar surface area (TPSA) is 79.6 Å². The molecule has 0 aromatic carbocycles. The van der Waals surface area contributed by atoms with Gasteiger partial charge in [-0.3, -0.25) is 4.79 Å². The number of nitrogens with zero attached hydrogens (tertiary/aromatic N) is 1. The van der Waals surface area contributed by atoms with Crippen molar-refractivity contribution in [2.24, 2.45) is 0 Å². The van der Waals surface area contributed by atoms with Crippen molar-refractivity contribution < 1.29 is 17.6 Å². The molecule has 21 heavy (non-hydrogen) atoms. The van der Waals surface area contributed by atoms with E-state index in [0.29, 0.717) is 6.54 Å². The summed E-state index contributed by atoms with van der Waals surface area (Å²) >= 11 is 0. The third-order valence-electron chi connectivity index (χ3n) is 4.02. The molecule has 1 atom stereocenters. The average Bonchev–Trinajstić information content (AvgIpc) is 3.08. The number of carbonyl (C=O) groups is 1. The summed E-state index contributed by atoms with van der Waals surface area (Å²) in [6.07, 6.45) is 4.79.